The van der Waals surface area contributed by atoms with Crippen LogP contribution in [0.25, 0.3) is 0 Å². The fourth-order valence-corrected chi connectivity index (χ4v) is 2.23. The molecule has 2 aliphatic rings. The number of nitrogens with zero attached hydrogens (tertiary/aromatic N) is 2. The van der Waals surface area contributed by atoms with Crippen LogP contribution in [0.2, 0.25) is 0 Å². The van der Waals surface area contributed by atoms with Crippen molar-refractivity contribution in [1.29, 1.82) is 5.26 Å². The van der Waals surface area contributed by atoms with Crippen molar-refractivity contribution in [3.05, 3.63) is 11.8 Å². The SMILES string of the molecule is C[C@@H]1C[C@H]2[C@H](CC(C#N)=CN2C)O1. The van der Waals surface area contributed by atoms with E-state index in [2.05, 4.69) is 17.9 Å². The predicted octanol–water partition coefficient (Wildman–Crippen LogP) is 1.28. The maximum atomic E-state index is 8.79. The molecule has 70 valence electrons. The Morgan fingerprint density at radius 1 is 1.69 bits per heavy atom. The number of hydrogen-bond acceptors (Lipinski definition) is 3. The molecule has 2 heterocycles. The van der Waals surface area contributed by atoms with E-state index in [0.29, 0.717) is 12.1 Å². The highest BCUT2D eigenvalue weighted by atomic mass is 16.5. The summed E-state index contributed by atoms with van der Waals surface area (Å²) in [6.07, 6.45) is 4.39. The fourth-order valence-electron chi connectivity index (χ4n) is 2.23. The van der Waals surface area contributed by atoms with Crippen molar-refractivity contribution in [2.75, 3.05) is 7.05 Å². The predicted molar refractivity (Wildman–Crippen MR) is 48.8 cm³/mol. The molecule has 1 saturated heterocycles. The van der Waals surface area contributed by atoms with Gasteiger partial charge in [0.15, 0.2) is 0 Å². The van der Waals surface area contributed by atoms with Crippen molar-refractivity contribution in [3.8, 4) is 6.07 Å². The van der Waals surface area contributed by atoms with E-state index >= 15 is 0 Å². The van der Waals surface area contributed by atoms with Gasteiger partial charge in [0.2, 0.25) is 0 Å². The van der Waals surface area contributed by atoms with E-state index in [-0.39, 0.29) is 6.10 Å². The van der Waals surface area contributed by atoms with E-state index in [9.17, 15) is 0 Å². The Labute approximate surface area is 78.6 Å². The van der Waals surface area contributed by atoms with Crippen LogP contribution in [0.4, 0.5) is 0 Å². The van der Waals surface area contributed by atoms with Crippen LogP contribution in [0.1, 0.15) is 19.8 Å². The minimum atomic E-state index is 0.236. The van der Waals surface area contributed by atoms with Gasteiger partial charge in [-0.15, -0.1) is 0 Å². The van der Waals surface area contributed by atoms with E-state index in [1.165, 1.54) is 0 Å². The molecule has 3 heteroatoms. The molecule has 0 unspecified atom stereocenters. The zero-order valence-electron chi connectivity index (χ0n) is 8.03. The van der Waals surface area contributed by atoms with Crippen LogP contribution in [0.5, 0.6) is 0 Å². The second-order valence-corrected chi connectivity index (χ2v) is 3.92. The molecule has 0 N–H and O–H groups in total. The lowest BCUT2D eigenvalue weighted by Crippen LogP contribution is -2.38. The van der Waals surface area contributed by atoms with Gasteiger partial charge in [-0.2, -0.15) is 5.26 Å². The molecule has 0 aromatic heterocycles. The van der Waals surface area contributed by atoms with Gasteiger partial charge in [0, 0.05) is 25.2 Å². The largest absolute Gasteiger partial charge is 0.374 e. The Morgan fingerprint density at radius 2 is 2.46 bits per heavy atom. The molecule has 0 radical (unpaired) electrons. The second-order valence-electron chi connectivity index (χ2n) is 3.92. The first kappa shape index (κ1) is 8.58. The van der Waals surface area contributed by atoms with Crippen LogP contribution >= 0.6 is 0 Å². The molecule has 0 amide bonds. The zero-order chi connectivity index (χ0) is 9.42. The van der Waals surface area contributed by atoms with Gasteiger partial charge >= 0.3 is 0 Å². The van der Waals surface area contributed by atoms with Crippen molar-refractivity contribution < 1.29 is 4.74 Å². The summed E-state index contributed by atoms with van der Waals surface area (Å²) in [5.74, 6) is 0. The molecular weight excluding hydrogens is 164 g/mol. The van der Waals surface area contributed by atoms with Crippen LogP contribution < -0.4 is 0 Å². The summed E-state index contributed by atoms with van der Waals surface area (Å²) < 4.78 is 5.73. The van der Waals surface area contributed by atoms with Crippen LogP contribution in [-0.4, -0.2) is 30.2 Å². The second kappa shape index (κ2) is 3.04. The first-order valence-electron chi connectivity index (χ1n) is 4.69. The molecule has 0 aromatic rings. The van der Waals surface area contributed by atoms with Crippen molar-refractivity contribution in [1.82, 2.24) is 4.90 Å². The molecule has 0 bridgehead atoms. The normalized spacial score (nSPS) is 38.1. The van der Waals surface area contributed by atoms with Gasteiger partial charge in [0.1, 0.15) is 0 Å². The van der Waals surface area contributed by atoms with Gasteiger partial charge in [-0.3, -0.25) is 0 Å². The Hall–Kier alpha value is -1.01. The third-order valence-electron chi connectivity index (χ3n) is 2.86. The van der Waals surface area contributed by atoms with Gasteiger partial charge in [-0.25, -0.2) is 0 Å². The monoisotopic (exact) mass is 178 g/mol. The average Bonchev–Trinajstić information content (AvgIpc) is 2.46. The molecular formula is C10H14N2O. The summed E-state index contributed by atoms with van der Waals surface area (Å²) in [6.45, 7) is 2.10. The van der Waals surface area contributed by atoms with E-state index in [4.69, 9.17) is 10.00 Å². The summed E-state index contributed by atoms with van der Waals surface area (Å²) in [5, 5.41) is 8.79. The summed E-state index contributed by atoms with van der Waals surface area (Å²) in [6, 6.07) is 2.68. The summed E-state index contributed by atoms with van der Waals surface area (Å²) in [4.78, 5) is 2.12. The molecule has 2 rings (SSSR count). The smallest absolute Gasteiger partial charge is 0.0963 e. The number of fused-ring (bicyclic) bond motifs is 1. The van der Waals surface area contributed by atoms with Crippen molar-refractivity contribution in [2.45, 2.75) is 38.0 Å². The highest BCUT2D eigenvalue weighted by molar-refractivity contribution is 5.25. The van der Waals surface area contributed by atoms with E-state index in [1.54, 1.807) is 0 Å². The standard InChI is InChI=1S/C10H14N2O/c1-7-3-9-10(13-7)4-8(5-11)6-12(9)2/h6-7,9-10H,3-4H2,1-2H3/t7-,9+,10+/m1/s1. The number of likely N-dealkylation sites (N-methyl/N-ethyl adjacent to an activating group) is 1. The molecule has 0 aromatic carbocycles. The number of hydrogen-bond donors (Lipinski definition) is 0. The quantitative estimate of drug-likeness (QED) is 0.560. The highest BCUT2D eigenvalue weighted by Gasteiger charge is 2.37. The average molecular weight is 178 g/mol. The van der Waals surface area contributed by atoms with Gasteiger partial charge < -0.3 is 9.64 Å². The first-order chi connectivity index (χ1) is 6.20. The number of rotatable bonds is 0. The molecule has 0 aliphatic carbocycles. The molecule has 2 aliphatic heterocycles. The van der Waals surface area contributed by atoms with E-state index in [1.807, 2.05) is 13.2 Å². The van der Waals surface area contributed by atoms with Gasteiger partial charge in [0.05, 0.1) is 24.3 Å². The third kappa shape index (κ3) is 1.42. The Balaban J connectivity index is 2.17. The Kier molecular flexibility index (Phi) is 2.01. The zero-order valence-corrected chi connectivity index (χ0v) is 8.03. The lowest BCUT2D eigenvalue weighted by molar-refractivity contribution is 0.0356. The molecule has 1 fully saturated rings. The lowest BCUT2D eigenvalue weighted by atomic mass is 9.97. The Morgan fingerprint density at radius 3 is 3.15 bits per heavy atom. The van der Waals surface area contributed by atoms with Gasteiger partial charge in [-0.1, -0.05) is 0 Å². The van der Waals surface area contributed by atoms with Crippen LogP contribution in [0.3, 0.4) is 0 Å². The van der Waals surface area contributed by atoms with E-state index < -0.39 is 0 Å². The maximum Gasteiger partial charge on any atom is 0.0963 e. The molecule has 13 heavy (non-hydrogen) atoms. The molecule has 3 atom stereocenters. The summed E-state index contributed by atoms with van der Waals surface area (Å²) in [7, 11) is 2.02. The Bertz CT molecular complexity index is 279. The van der Waals surface area contributed by atoms with Crippen LogP contribution in [0.15, 0.2) is 11.8 Å². The van der Waals surface area contributed by atoms with Crippen LogP contribution in [0, 0.1) is 11.3 Å². The minimum Gasteiger partial charge on any atom is -0.374 e. The van der Waals surface area contributed by atoms with Crippen LogP contribution in [-0.2, 0) is 4.74 Å². The lowest BCUT2D eigenvalue weighted by Gasteiger charge is -2.31. The maximum absolute atomic E-state index is 8.79. The fraction of sp³-hybridized carbons (Fsp3) is 0.700. The highest BCUT2D eigenvalue weighted by Crippen LogP contribution is 2.32. The molecule has 0 saturated carbocycles. The molecule has 0 spiro atoms. The molecule has 3 nitrogen and oxygen atoms in total. The van der Waals surface area contributed by atoms with Gasteiger partial charge in [0.25, 0.3) is 0 Å². The topological polar surface area (TPSA) is 36.3 Å². The van der Waals surface area contributed by atoms with Gasteiger partial charge in [-0.05, 0) is 13.3 Å². The minimum absolute atomic E-state index is 0.236. The number of nitriles is 1. The van der Waals surface area contributed by atoms with Crippen molar-refractivity contribution in [2.24, 2.45) is 0 Å². The van der Waals surface area contributed by atoms with E-state index in [0.717, 1.165) is 18.4 Å². The summed E-state index contributed by atoms with van der Waals surface area (Å²) in [5.41, 5.74) is 0.831. The first-order valence-corrected chi connectivity index (χ1v) is 4.69. The third-order valence-corrected chi connectivity index (χ3v) is 2.86. The van der Waals surface area contributed by atoms with Crippen molar-refractivity contribution >= 4 is 0 Å². The van der Waals surface area contributed by atoms with Crippen molar-refractivity contribution in [3.63, 3.8) is 0 Å². The summed E-state index contributed by atoms with van der Waals surface area (Å²) >= 11 is 0. The number of ether oxygens (including phenoxy) is 1.